The summed E-state index contributed by atoms with van der Waals surface area (Å²) in [7, 11) is 0. The number of nitrogens with two attached hydrogens (primary N) is 1. The first-order valence-corrected chi connectivity index (χ1v) is 4.69. The van der Waals surface area contributed by atoms with Crippen LogP contribution in [0.25, 0.3) is 10.9 Å². The second-order valence-electron chi connectivity index (χ2n) is 3.68. The molecule has 74 valence electrons. The Kier molecular flexibility index (Phi) is 2.05. The van der Waals surface area contributed by atoms with Crippen molar-refractivity contribution in [2.24, 2.45) is 0 Å². The summed E-state index contributed by atoms with van der Waals surface area (Å²) < 4.78 is 0. The van der Waals surface area contributed by atoms with Crippen molar-refractivity contribution in [3.63, 3.8) is 0 Å². The van der Waals surface area contributed by atoms with Crippen LogP contribution in [0, 0.1) is 25.2 Å². The van der Waals surface area contributed by atoms with Gasteiger partial charge in [0.15, 0.2) is 0 Å². The van der Waals surface area contributed by atoms with Gasteiger partial charge in [-0.2, -0.15) is 5.26 Å². The lowest BCUT2D eigenvalue weighted by Crippen LogP contribution is -1.96. The van der Waals surface area contributed by atoms with Crippen molar-refractivity contribution < 1.29 is 0 Å². The van der Waals surface area contributed by atoms with Gasteiger partial charge in [-0.25, -0.2) is 4.98 Å². The molecule has 15 heavy (non-hydrogen) atoms. The monoisotopic (exact) mass is 197 g/mol. The van der Waals surface area contributed by atoms with Crippen molar-refractivity contribution >= 4 is 16.7 Å². The topological polar surface area (TPSA) is 62.7 Å². The molecular formula is C12H11N3. The minimum absolute atomic E-state index is 0.301. The fourth-order valence-electron chi connectivity index (χ4n) is 1.73. The van der Waals surface area contributed by atoms with E-state index in [4.69, 9.17) is 11.0 Å². The largest absolute Gasteiger partial charge is 0.383 e. The minimum Gasteiger partial charge on any atom is -0.383 e. The molecule has 0 aliphatic heterocycles. The highest BCUT2D eigenvalue weighted by Crippen LogP contribution is 2.22. The Morgan fingerprint density at radius 3 is 2.67 bits per heavy atom. The zero-order valence-corrected chi connectivity index (χ0v) is 8.70. The molecule has 2 N–H and O–H groups in total. The third kappa shape index (κ3) is 1.50. The van der Waals surface area contributed by atoms with Crippen LogP contribution in [0.5, 0.6) is 0 Å². The first kappa shape index (κ1) is 9.47. The molecule has 0 fully saturated rings. The van der Waals surface area contributed by atoms with Gasteiger partial charge in [-0.1, -0.05) is 6.07 Å². The zero-order valence-electron chi connectivity index (χ0n) is 8.70. The van der Waals surface area contributed by atoms with Crippen LogP contribution < -0.4 is 5.73 Å². The molecule has 0 bridgehead atoms. The number of rotatable bonds is 0. The summed E-state index contributed by atoms with van der Waals surface area (Å²) in [6, 6.07) is 7.88. The summed E-state index contributed by atoms with van der Waals surface area (Å²) >= 11 is 0. The molecule has 0 atom stereocenters. The van der Waals surface area contributed by atoms with E-state index in [1.165, 1.54) is 0 Å². The number of nitrogens with zero attached hydrogens (tertiary/aromatic N) is 2. The third-order valence-corrected chi connectivity index (χ3v) is 2.44. The molecule has 3 nitrogen and oxygen atoms in total. The first-order valence-electron chi connectivity index (χ1n) is 4.69. The van der Waals surface area contributed by atoms with E-state index in [1.807, 2.05) is 26.0 Å². The van der Waals surface area contributed by atoms with Crippen molar-refractivity contribution in [1.29, 1.82) is 5.26 Å². The third-order valence-electron chi connectivity index (χ3n) is 2.44. The Morgan fingerprint density at radius 2 is 2.00 bits per heavy atom. The van der Waals surface area contributed by atoms with Crippen LogP contribution in [0.3, 0.4) is 0 Å². The van der Waals surface area contributed by atoms with Gasteiger partial charge < -0.3 is 5.73 Å². The van der Waals surface area contributed by atoms with Gasteiger partial charge in [0.05, 0.1) is 11.1 Å². The van der Waals surface area contributed by atoms with Crippen molar-refractivity contribution in [2.75, 3.05) is 5.73 Å². The molecule has 1 heterocycles. The van der Waals surface area contributed by atoms with Gasteiger partial charge in [0, 0.05) is 5.39 Å². The molecule has 1 aromatic heterocycles. The Bertz CT molecular complexity index is 579. The SMILES string of the molecule is Cc1cc(C)c2cc(C#N)c(N)nc2c1. The van der Waals surface area contributed by atoms with Gasteiger partial charge in [-0.15, -0.1) is 0 Å². The number of hydrogen-bond donors (Lipinski definition) is 1. The molecule has 0 spiro atoms. The van der Waals surface area contributed by atoms with Crippen LogP contribution in [-0.4, -0.2) is 4.98 Å². The molecule has 0 aliphatic carbocycles. The number of nitrogen functional groups attached to an aromatic ring is 1. The molecule has 2 rings (SSSR count). The van der Waals surface area contributed by atoms with Gasteiger partial charge in [0.1, 0.15) is 11.9 Å². The molecule has 2 aromatic rings. The zero-order chi connectivity index (χ0) is 11.0. The second-order valence-corrected chi connectivity index (χ2v) is 3.68. The molecule has 0 radical (unpaired) electrons. The van der Waals surface area contributed by atoms with E-state index in [0.717, 1.165) is 22.0 Å². The van der Waals surface area contributed by atoms with Crippen molar-refractivity contribution in [2.45, 2.75) is 13.8 Å². The number of benzene rings is 1. The summed E-state index contributed by atoms with van der Waals surface area (Å²) in [5.74, 6) is 0.301. The maximum atomic E-state index is 8.85. The maximum absolute atomic E-state index is 8.85. The summed E-state index contributed by atoms with van der Waals surface area (Å²) in [5.41, 5.74) is 9.22. The van der Waals surface area contributed by atoms with Gasteiger partial charge >= 0.3 is 0 Å². The highest BCUT2D eigenvalue weighted by molar-refractivity contribution is 5.86. The smallest absolute Gasteiger partial charge is 0.142 e. The summed E-state index contributed by atoms with van der Waals surface area (Å²) in [6.07, 6.45) is 0. The lowest BCUT2D eigenvalue weighted by atomic mass is 10.0. The molecule has 0 aliphatic rings. The average Bonchev–Trinajstić information content (AvgIpc) is 2.16. The van der Waals surface area contributed by atoms with Crippen molar-refractivity contribution in [3.05, 3.63) is 34.9 Å². The van der Waals surface area contributed by atoms with E-state index in [2.05, 4.69) is 11.1 Å². The molecular weight excluding hydrogens is 186 g/mol. The lowest BCUT2D eigenvalue weighted by molar-refractivity contribution is 1.34. The van der Waals surface area contributed by atoms with E-state index in [0.29, 0.717) is 11.4 Å². The Labute approximate surface area is 88.2 Å². The average molecular weight is 197 g/mol. The van der Waals surface area contributed by atoms with Crippen LogP contribution in [0.4, 0.5) is 5.82 Å². The van der Waals surface area contributed by atoms with Crippen molar-refractivity contribution in [1.82, 2.24) is 4.98 Å². The molecule has 0 unspecified atom stereocenters. The van der Waals surface area contributed by atoms with Crippen molar-refractivity contribution in [3.8, 4) is 6.07 Å². The molecule has 0 amide bonds. The predicted octanol–water partition coefficient (Wildman–Crippen LogP) is 2.31. The normalized spacial score (nSPS) is 10.2. The van der Waals surface area contributed by atoms with Gasteiger partial charge in [0.2, 0.25) is 0 Å². The molecule has 3 heteroatoms. The van der Waals surface area contributed by atoms with E-state index < -0.39 is 0 Å². The second kappa shape index (κ2) is 3.25. The number of hydrogen-bond acceptors (Lipinski definition) is 3. The van der Waals surface area contributed by atoms with Gasteiger partial charge in [-0.3, -0.25) is 0 Å². The Balaban J connectivity index is 2.89. The fourth-order valence-corrected chi connectivity index (χ4v) is 1.73. The first-order chi connectivity index (χ1) is 7.11. The molecule has 1 aromatic carbocycles. The van der Waals surface area contributed by atoms with Gasteiger partial charge in [-0.05, 0) is 37.1 Å². The number of nitriles is 1. The van der Waals surface area contributed by atoms with Crippen LogP contribution >= 0.6 is 0 Å². The van der Waals surface area contributed by atoms with Gasteiger partial charge in [0.25, 0.3) is 0 Å². The quantitative estimate of drug-likeness (QED) is 0.704. The van der Waals surface area contributed by atoms with Crippen LogP contribution in [-0.2, 0) is 0 Å². The predicted molar refractivity (Wildman–Crippen MR) is 60.3 cm³/mol. The van der Waals surface area contributed by atoms with Crippen LogP contribution in [0.1, 0.15) is 16.7 Å². The number of anilines is 1. The lowest BCUT2D eigenvalue weighted by Gasteiger charge is -2.05. The van der Waals surface area contributed by atoms with Crippen LogP contribution in [0.2, 0.25) is 0 Å². The highest BCUT2D eigenvalue weighted by atomic mass is 14.8. The summed E-state index contributed by atoms with van der Waals surface area (Å²) in [4.78, 5) is 4.22. The fraction of sp³-hybridized carbons (Fsp3) is 0.167. The standard InChI is InChI=1S/C12H11N3/c1-7-3-8(2)10-5-9(6-13)12(14)15-11(10)4-7/h3-5H,1-2H3,(H2,14,15). The highest BCUT2D eigenvalue weighted by Gasteiger charge is 2.05. The molecule has 0 saturated carbocycles. The van der Waals surface area contributed by atoms with E-state index in [-0.39, 0.29) is 0 Å². The number of fused-ring (bicyclic) bond motifs is 1. The molecule has 0 saturated heterocycles. The van der Waals surface area contributed by atoms with E-state index >= 15 is 0 Å². The number of aryl methyl sites for hydroxylation is 2. The Morgan fingerprint density at radius 1 is 1.27 bits per heavy atom. The summed E-state index contributed by atoms with van der Waals surface area (Å²) in [5, 5.41) is 9.85. The van der Waals surface area contributed by atoms with E-state index in [1.54, 1.807) is 6.07 Å². The van der Waals surface area contributed by atoms with E-state index in [9.17, 15) is 0 Å². The minimum atomic E-state index is 0.301. The maximum Gasteiger partial charge on any atom is 0.142 e. The van der Waals surface area contributed by atoms with Crippen LogP contribution in [0.15, 0.2) is 18.2 Å². The number of aromatic nitrogens is 1. The number of pyridine rings is 1. The summed E-state index contributed by atoms with van der Waals surface area (Å²) in [6.45, 7) is 4.02. The Hall–Kier alpha value is -2.08.